The first-order valence-corrected chi connectivity index (χ1v) is 8.62. The van der Waals surface area contributed by atoms with Crippen LogP contribution in [0.3, 0.4) is 0 Å². The molecule has 1 fully saturated rings. The summed E-state index contributed by atoms with van der Waals surface area (Å²) in [6.07, 6.45) is 1.11. The largest absolute Gasteiger partial charge is 0.491 e. The van der Waals surface area contributed by atoms with Crippen LogP contribution in [0.15, 0.2) is 24.3 Å². The molecular formula is C19H31ClN2O3. The zero-order valence-corrected chi connectivity index (χ0v) is 16.4. The molecule has 5 nitrogen and oxygen atoms in total. The van der Waals surface area contributed by atoms with Crippen molar-refractivity contribution in [2.75, 3.05) is 19.8 Å². The normalized spacial score (nSPS) is 18.0. The van der Waals surface area contributed by atoms with E-state index in [1.165, 1.54) is 5.56 Å². The summed E-state index contributed by atoms with van der Waals surface area (Å²) in [5, 5.41) is 2.95. The molecule has 0 bridgehead atoms. The van der Waals surface area contributed by atoms with Crippen molar-refractivity contribution in [1.29, 1.82) is 0 Å². The number of benzene rings is 1. The number of amides is 1. The lowest BCUT2D eigenvalue weighted by atomic mass is 9.87. The third-order valence-corrected chi connectivity index (χ3v) is 4.44. The van der Waals surface area contributed by atoms with Crippen LogP contribution in [-0.2, 0) is 14.9 Å². The minimum absolute atomic E-state index is 0. The van der Waals surface area contributed by atoms with Crippen molar-refractivity contribution in [2.45, 2.75) is 57.5 Å². The van der Waals surface area contributed by atoms with Gasteiger partial charge in [-0.1, -0.05) is 32.9 Å². The Balaban J connectivity index is 0.00000312. The van der Waals surface area contributed by atoms with Gasteiger partial charge >= 0.3 is 0 Å². The Labute approximate surface area is 157 Å². The smallest absolute Gasteiger partial charge is 0.240 e. The molecule has 0 saturated carbocycles. The number of nitrogens with two attached hydrogens (primary N) is 1. The molecule has 1 heterocycles. The van der Waals surface area contributed by atoms with Crippen molar-refractivity contribution in [3.8, 4) is 5.75 Å². The molecule has 1 aliphatic rings. The first-order valence-electron chi connectivity index (χ1n) is 8.62. The number of halogens is 1. The molecule has 0 aromatic heterocycles. The van der Waals surface area contributed by atoms with Crippen LogP contribution < -0.4 is 15.8 Å². The molecule has 0 aliphatic carbocycles. The number of carbonyl (C=O) groups excluding carboxylic acids is 1. The van der Waals surface area contributed by atoms with E-state index in [4.69, 9.17) is 15.2 Å². The molecule has 1 amide bonds. The Bertz CT molecular complexity index is 549. The summed E-state index contributed by atoms with van der Waals surface area (Å²) in [6.45, 7) is 9.94. The SMILES string of the molecule is CC(COc1ccc(C(C)(C)C)cc1)NC(=O)C1(N)CCOCC1.Cl. The summed E-state index contributed by atoms with van der Waals surface area (Å²) < 4.78 is 11.1. The zero-order valence-electron chi connectivity index (χ0n) is 15.6. The van der Waals surface area contributed by atoms with Crippen LogP contribution in [0.25, 0.3) is 0 Å². The van der Waals surface area contributed by atoms with Gasteiger partial charge in [-0.2, -0.15) is 0 Å². The van der Waals surface area contributed by atoms with Crippen molar-refractivity contribution in [1.82, 2.24) is 5.32 Å². The second-order valence-corrected chi connectivity index (χ2v) is 7.73. The topological polar surface area (TPSA) is 73.6 Å². The molecular weight excluding hydrogens is 340 g/mol. The Morgan fingerprint density at radius 1 is 1.28 bits per heavy atom. The summed E-state index contributed by atoms with van der Waals surface area (Å²) in [5.74, 6) is 0.683. The fourth-order valence-electron chi connectivity index (χ4n) is 2.64. The van der Waals surface area contributed by atoms with E-state index in [1.807, 2.05) is 19.1 Å². The Morgan fingerprint density at radius 3 is 2.36 bits per heavy atom. The standard InChI is InChI=1S/C19H30N2O3.ClH/c1-14(21-17(22)19(20)9-11-23-12-10-19)13-24-16-7-5-15(6-8-16)18(2,3)4;/h5-8,14H,9-13,20H2,1-4H3,(H,21,22);1H. The lowest BCUT2D eigenvalue weighted by Crippen LogP contribution is -2.58. The van der Waals surface area contributed by atoms with E-state index in [9.17, 15) is 4.79 Å². The number of hydrogen-bond acceptors (Lipinski definition) is 4. The summed E-state index contributed by atoms with van der Waals surface area (Å²) in [4.78, 5) is 12.3. The molecule has 6 heteroatoms. The maximum Gasteiger partial charge on any atom is 0.240 e. The van der Waals surface area contributed by atoms with Gasteiger partial charge in [-0.3, -0.25) is 4.79 Å². The number of nitrogens with one attached hydrogen (secondary N) is 1. The number of hydrogen-bond donors (Lipinski definition) is 2. The summed E-state index contributed by atoms with van der Waals surface area (Å²) >= 11 is 0. The fourth-order valence-corrected chi connectivity index (χ4v) is 2.64. The molecule has 0 radical (unpaired) electrons. The first kappa shape index (κ1) is 21.7. The van der Waals surface area contributed by atoms with E-state index in [-0.39, 0.29) is 29.8 Å². The van der Waals surface area contributed by atoms with E-state index in [1.54, 1.807) is 0 Å². The number of ether oxygens (including phenoxy) is 2. The molecule has 1 saturated heterocycles. The van der Waals surface area contributed by atoms with E-state index < -0.39 is 5.54 Å². The van der Waals surface area contributed by atoms with Gasteiger partial charge < -0.3 is 20.5 Å². The molecule has 1 aromatic carbocycles. The second-order valence-electron chi connectivity index (χ2n) is 7.73. The van der Waals surface area contributed by atoms with Gasteiger partial charge in [0.2, 0.25) is 5.91 Å². The maximum atomic E-state index is 12.3. The van der Waals surface area contributed by atoms with Crippen molar-refractivity contribution >= 4 is 18.3 Å². The highest BCUT2D eigenvalue weighted by molar-refractivity contribution is 5.86. The van der Waals surface area contributed by atoms with Crippen LogP contribution in [0, 0.1) is 0 Å². The first-order chi connectivity index (χ1) is 11.2. The van der Waals surface area contributed by atoms with Crippen molar-refractivity contribution in [3.63, 3.8) is 0 Å². The predicted octanol–water partition coefficient (Wildman–Crippen LogP) is 2.80. The van der Waals surface area contributed by atoms with Gasteiger partial charge in [0, 0.05) is 13.2 Å². The third-order valence-electron chi connectivity index (χ3n) is 4.44. The van der Waals surface area contributed by atoms with Crippen molar-refractivity contribution < 1.29 is 14.3 Å². The van der Waals surface area contributed by atoms with E-state index in [0.717, 1.165) is 5.75 Å². The van der Waals surface area contributed by atoms with E-state index >= 15 is 0 Å². The van der Waals surface area contributed by atoms with Crippen LogP contribution in [0.5, 0.6) is 5.75 Å². The predicted molar refractivity (Wildman–Crippen MR) is 102 cm³/mol. The monoisotopic (exact) mass is 370 g/mol. The van der Waals surface area contributed by atoms with E-state index in [0.29, 0.717) is 32.7 Å². The number of rotatable bonds is 5. The van der Waals surface area contributed by atoms with Gasteiger partial charge in [-0.05, 0) is 42.9 Å². The molecule has 1 unspecified atom stereocenters. The summed E-state index contributed by atoms with van der Waals surface area (Å²) in [6, 6.07) is 7.99. The molecule has 2 rings (SSSR count). The van der Waals surface area contributed by atoms with Gasteiger partial charge in [0.25, 0.3) is 0 Å². The highest BCUT2D eigenvalue weighted by atomic mass is 35.5. The average molecular weight is 371 g/mol. The quantitative estimate of drug-likeness (QED) is 0.835. The Hall–Kier alpha value is -1.30. The summed E-state index contributed by atoms with van der Waals surface area (Å²) in [7, 11) is 0. The van der Waals surface area contributed by atoms with Crippen LogP contribution in [-0.4, -0.2) is 37.3 Å². The summed E-state index contributed by atoms with van der Waals surface area (Å²) in [5.41, 5.74) is 6.75. The van der Waals surface area contributed by atoms with Gasteiger partial charge in [0.15, 0.2) is 0 Å². The highest BCUT2D eigenvalue weighted by Crippen LogP contribution is 2.24. The van der Waals surface area contributed by atoms with Crippen molar-refractivity contribution in [2.24, 2.45) is 5.73 Å². The van der Waals surface area contributed by atoms with Crippen LogP contribution in [0.4, 0.5) is 0 Å². The minimum atomic E-state index is -0.819. The minimum Gasteiger partial charge on any atom is -0.491 e. The lowest BCUT2D eigenvalue weighted by Gasteiger charge is -2.32. The molecule has 1 aromatic rings. The molecule has 142 valence electrons. The Kier molecular flexibility index (Phi) is 7.72. The lowest BCUT2D eigenvalue weighted by molar-refractivity contribution is -0.130. The van der Waals surface area contributed by atoms with Crippen LogP contribution in [0.1, 0.15) is 46.1 Å². The molecule has 0 spiro atoms. The molecule has 1 aliphatic heterocycles. The van der Waals surface area contributed by atoms with Gasteiger partial charge in [-0.25, -0.2) is 0 Å². The second kappa shape index (κ2) is 8.88. The molecule has 3 N–H and O–H groups in total. The average Bonchev–Trinajstić information content (AvgIpc) is 2.53. The third kappa shape index (κ3) is 6.17. The van der Waals surface area contributed by atoms with Crippen molar-refractivity contribution in [3.05, 3.63) is 29.8 Å². The number of carbonyl (C=O) groups is 1. The van der Waals surface area contributed by atoms with Gasteiger partial charge in [-0.15, -0.1) is 12.4 Å². The van der Waals surface area contributed by atoms with Crippen LogP contribution in [0.2, 0.25) is 0 Å². The molecule has 25 heavy (non-hydrogen) atoms. The maximum absolute atomic E-state index is 12.3. The fraction of sp³-hybridized carbons (Fsp3) is 0.632. The highest BCUT2D eigenvalue weighted by Gasteiger charge is 2.36. The van der Waals surface area contributed by atoms with Gasteiger partial charge in [0.05, 0.1) is 11.6 Å². The molecule has 1 atom stereocenters. The van der Waals surface area contributed by atoms with Gasteiger partial charge in [0.1, 0.15) is 12.4 Å². The Morgan fingerprint density at radius 2 is 1.84 bits per heavy atom. The zero-order chi connectivity index (χ0) is 17.8. The van der Waals surface area contributed by atoms with E-state index in [2.05, 4.69) is 38.2 Å². The van der Waals surface area contributed by atoms with Crippen LogP contribution >= 0.6 is 12.4 Å².